The van der Waals surface area contributed by atoms with Gasteiger partial charge in [0.15, 0.2) is 0 Å². The molecule has 3 nitrogen and oxygen atoms in total. The van der Waals surface area contributed by atoms with E-state index in [1.54, 1.807) is 11.8 Å². The Hall–Kier alpha value is -4.93. The predicted octanol–water partition coefficient (Wildman–Crippen LogP) is 9.66. The Kier molecular flexibility index (Phi) is 3.87. The minimum atomic E-state index is 0.711. The smallest absolute Gasteiger partial charge is 0.235 e. The third kappa shape index (κ3) is 2.52. The molecule has 0 saturated carbocycles. The van der Waals surface area contributed by atoms with E-state index < -0.39 is 0 Å². The molecule has 8 aromatic rings. The topological polar surface area (TPSA) is 30.7 Å². The Bertz CT molecular complexity index is 2320. The maximum Gasteiger partial charge on any atom is 0.235 e. The molecule has 1 aliphatic carbocycles. The second-order valence-electron chi connectivity index (χ2n) is 10.6. The number of hydrogen-bond acceptors (Lipinski definition) is 3. The molecule has 0 spiro atoms. The fourth-order valence-electron chi connectivity index (χ4n) is 6.95. The van der Waals surface area contributed by atoms with Gasteiger partial charge in [0.1, 0.15) is 0 Å². The van der Waals surface area contributed by atoms with E-state index in [0.717, 1.165) is 27.6 Å². The number of fused-ring (bicyclic) bond motifs is 4. The van der Waals surface area contributed by atoms with Gasteiger partial charge in [-0.25, -0.2) is 9.97 Å². The lowest BCUT2D eigenvalue weighted by molar-refractivity contribution is 1.01. The molecule has 2 aliphatic rings. The van der Waals surface area contributed by atoms with E-state index in [2.05, 4.69) is 120 Å². The standard InChI is InChI=1S/C36H19N3S/c1-2-18-29-25(10-1)35-34-26(15-7-19-30(34)40-29)37-36(38-35)39-27-16-5-13-23-21-11-3-8-20-9-4-12-22(31(20)21)24-14-6-17-28(39)33(24)32(23)27/h1-19H. The van der Waals surface area contributed by atoms with Crippen molar-refractivity contribution in [3.8, 4) is 39.5 Å². The fourth-order valence-corrected chi connectivity index (χ4v) is 8.06. The van der Waals surface area contributed by atoms with E-state index in [1.807, 2.05) is 0 Å². The molecule has 0 amide bonds. The number of aromatic nitrogens is 3. The van der Waals surface area contributed by atoms with E-state index >= 15 is 0 Å². The third-order valence-corrected chi connectivity index (χ3v) is 9.67. The molecule has 2 aromatic heterocycles. The summed E-state index contributed by atoms with van der Waals surface area (Å²) in [7, 11) is 0. The molecule has 4 heteroatoms. The van der Waals surface area contributed by atoms with Gasteiger partial charge in [-0.1, -0.05) is 96.7 Å². The molecule has 0 fully saturated rings. The van der Waals surface area contributed by atoms with Crippen molar-refractivity contribution in [1.29, 1.82) is 0 Å². The van der Waals surface area contributed by atoms with Crippen LogP contribution in [0.1, 0.15) is 0 Å². The molecule has 3 heterocycles. The van der Waals surface area contributed by atoms with Crippen LogP contribution >= 0.6 is 11.8 Å². The highest BCUT2D eigenvalue weighted by atomic mass is 32.2. The molecule has 1 aliphatic heterocycles. The van der Waals surface area contributed by atoms with Gasteiger partial charge in [0.25, 0.3) is 0 Å². The monoisotopic (exact) mass is 525 g/mol. The molecule has 40 heavy (non-hydrogen) atoms. The molecular weight excluding hydrogens is 506 g/mol. The number of benzene rings is 6. The van der Waals surface area contributed by atoms with Crippen molar-refractivity contribution >= 4 is 55.2 Å². The summed E-state index contributed by atoms with van der Waals surface area (Å²) in [4.78, 5) is 13.0. The van der Waals surface area contributed by atoms with Crippen LogP contribution in [0, 0.1) is 0 Å². The van der Waals surface area contributed by atoms with Gasteiger partial charge in [0.05, 0.1) is 22.2 Å². The first-order chi connectivity index (χ1) is 19.8. The van der Waals surface area contributed by atoms with Crippen molar-refractivity contribution in [2.45, 2.75) is 9.79 Å². The molecule has 10 rings (SSSR count). The zero-order chi connectivity index (χ0) is 25.9. The summed E-state index contributed by atoms with van der Waals surface area (Å²) < 4.78 is 2.28. The summed E-state index contributed by atoms with van der Waals surface area (Å²) in [5.41, 5.74) is 10.5. The highest BCUT2D eigenvalue weighted by Gasteiger charge is 2.27. The Balaban J connectivity index is 1.39. The van der Waals surface area contributed by atoms with Crippen LogP contribution in [0.15, 0.2) is 125 Å². The van der Waals surface area contributed by atoms with Gasteiger partial charge in [0.2, 0.25) is 5.95 Å². The SMILES string of the molecule is c1ccc2c(c1)Sc1cccc3nc(-n4c5cccc6c5c5c(cccc54)-c4cccc5cccc-6c45)nc-2c13. The average molecular weight is 526 g/mol. The van der Waals surface area contributed by atoms with Crippen LogP contribution in [0.25, 0.3) is 82.9 Å². The number of nitrogens with zero attached hydrogens (tertiary/aromatic N) is 3. The van der Waals surface area contributed by atoms with Gasteiger partial charge in [-0.15, -0.1) is 0 Å². The summed E-state index contributed by atoms with van der Waals surface area (Å²) in [5, 5.41) is 6.25. The Morgan fingerprint density at radius 1 is 0.450 bits per heavy atom. The molecular formula is C36H19N3S. The van der Waals surface area contributed by atoms with Crippen molar-refractivity contribution in [2.24, 2.45) is 0 Å². The molecule has 6 aromatic carbocycles. The van der Waals surface area contributed by atoms with Crippen LogP contribution < -0.4 is 0 Å². The van der Waals surface area contributed by atoms with Gasteiger partial charge < -0.3 is 0 Å². The predicted molar refractivity (Wildman–Crippen MR) is 165 cm³/mol. The first-order valence-corrected chi connectivity index (χ1v) is 14.3. The van der Waals surface area contributed by atoms with Gasteiger partial charge in [-0.2, -0.15) is 0 Å². The summed E-state index contributed by atoms with van der Waals surface area (Å²) in [5.74, 6) is 0.711. The molecule has 0 atom stereocenters. The van der Waals surface area contributed by atoms with Crippen molar-refractivity contribution in [3.05, 3.63) is 115 Å². The first-order valence-electron chi connectivity index (χ1n) is 13.5. The van der Waals surface area contributed by atoms with Gasteiger partial charge in [-0.05, 0) is 63.4 Å². The second-order valence-corrected chi connectivity index (χ2v) is 11.6. The molecule has 0 unspecified atom stereocenters. The second kappa shape index (κ2) is 7.38. The van der Waals surface area contributed by atoms with Crippen LogP contribution in [-0.2, 0) is 0 Å². The minimum Gasteiger partial charge on any atom is -0.278 e. The van der Waals surface area contributed by atoms with E-state index in [1.165, 1.54) is 59.2 Å². The third-order valence-electron chi connectivity index (χ3n) is 8.54. The van der Waals surface area contributed by atoms with Crippen molar-refractivity contribution in [3.63, 3.8) is 0 Å². The van der Waals surface area contributed by atoms with Crippen molar-refractivity contribution in [1.82, 2.24) is 14.5 Å². The Morgan fingerprint density at radius 2 is 1.02 bits per heavy atom. The lowest BCUT2D eigenvalue weighted by Crippen LogP contribution is -2.05. The highest BCUT2D eigenvalue weighted by molar-refractivity contribution is 7.99. The molecule has 0 radical (unpaired) electrons. The van der Waals surface area contributed by atoms with Crippen LogP contribution in [0.4, 0.5) is 0 Å². The zero-order valence-corrected chi connectivity index (χ0v) is 22.0. The molecule has 0 bridgehead atoms. The van der Waals surface area contributed by atoms with Crippen LogP contribution in [0.2, 0.25) is 0 Å². The Labute approximate surface area is 233 Å². The fraction of sp³-hybridized carbons (Fsp3) is 0. The van der Waals surface area contributed by atoms with Crippen molar-refractivity contribution in [2.75, 3.05) is 0 Å². The molecule has 184 valence electrons. The zero-order valence-electron chi connectivity index (χ0n) is 21.2. The largest absolute Gasteiger partial charge is 0.278 e. The summed E-state index contributed by atoms with van der Waals surface area (Å²) in [6.45, 7) is 0. The maximum absolute atomic E-state index is 5.34. The van der Waals surface area contributed by atoms with E-state index in [-0.39, 0.29) is 0 Å². The highest BCUT2D eigenvalue weighted by Crippen LogP contribution is 2.50. The van der Waals surface area contributed by atoms with Crippen LogP contribution in [0.5, 0.6) is 0 Å². The van der Waals surface area contributed by atoms with E-state index in [4.69, 9.17) is 9.97 Å². The van der Waals surface area contributed by atoms with Gasteiger partial charge in [-0.3, -0.25) is 4.57 Å². The first kappa shape index (κ1) is 21.0. The Morgan fingerprint density at radius 3 is 1.75 bits per heavy atom. The number of hydrogen-bond donors (Lipinski definition) is 0. The van der Waals surface area contributed by atoms with E-state index in [0.29, 0.717) is 5.95 Å². The summed E-state index contributed by atoms with van der Waals surface area (Å²) in [6.07, 6.45) is 0. The normalized spacial score (nSPS) is 12.9. The summed E-state index contributed by atoms with van der Waals surface area (Å²) >= 11 is 1.80. The lowest BCUT2D eigenvalue weighted by atomic mass is 9.93. The molecule has 0 saturated heterocycles. The number of rotatable bonds is 1. The van der Waals surface area contributed by atoms with E-state index in [9.17, 15) is 0 Å². The maximum atomic E-state index is 5.34. The lowest BCUT2D eigenvalue weighted by Gasteiger charge is -2.20. The average Bonchev–Trinajstić information content (AvgIpc) is 3.29. The van der Waals surface area contributed by atoms with Gasteiger partial charge >= 0.3 is 0 Å². The molecule has 0 N–H and O–H groups in total. The van der Waals surface area contributed by atoms with Crippen molar-refractivity contribution < 1.29 is 0 Å². The van der Waals surface area contributed by atoms with Crippen LogP contribution in [0.3, 0.4) is 0 Å². The summed E-state index contributed by atoms with van der Waals surface area (Å²) in [6, 6.07) is 41.6. The van der Waals surface area contributed by atoms with Gasteiger partial charge in [0, 0.05) is 31.5 Å². The van der Waals surface area contributed by atoms with Crippen LogP contribution in [-0.4, -0.2) is 14.5 Å². The quantitative estimate of drug-likeness (QED) is 0.214. The minimum absolute atomic E-state index is 0.711.